The lowest BCUT2D eigenvalue weighted by Crippen LogP contribution is -2.38. The van der Waals surface area contributed by atoms with E-state index in [4.69, 9.17) is 20.0 Å². The summed E-state index contributed by atoms with van der Waals surface area (Å²) >= 11 is 0. The zero-order valence-corrected chi connectivity index (χ0v) is 33.2. The van der Waals surface area contributed by atoms with E-state index >= 15 is 0 Å². The van der Waals surface area contributed by atoms with Gasteiger partial charge in [0.05, 0.1) is 12.1 Å². The molecule has 0 fully saturated rings. The van der Waals surface area contributed by atoms with Crippen LogP contribution in [0.5, 0.6) is 0 Å². The average Bonchev–Trinajstić information content (AvgIpc) is 3.03. The van der Waals surface area contributed by atoms with E-state index in [0.29, 0.717) is 12.8 Å². The zero-order chi connectivity index (χ0) is 37.4. The topological polar surface area (TPSA) is 131 Å². The van der Waals surface area contributed by atoms with Gasteiger partial charge in [0.25, 0.3) is 0 Å². The number of carbonyl (C=O) groups excluding carboxylic acids is 2. The molecule has 0 saturated carbocycles. The molecule has 0 bridgehead atoms. The van der Waals surface area contributed by atoms with Crippen molar-refractivity contribution in [2.75, 3.05) is 52.4 Å². The lowest BCUT2D eigenvalue weighted by molar-refractivity contribution is 0.0233. The predicted molar refractivity (Wildman–Crippen MR) is 205 cm³/mol. The Morgan fingerprint density at radius 2 is 0.720 bits per heavy atom. The van der Waals surface area contributed by atoms with Gasteiger partial charge in [-0.25, -0.2) is 9.59 Å². The Labute approximate surface area is 307 Å². The van der Waals surface area contributed by atoms with Gasteiger partial charge in [0.2, 0.25) is 0 Å². The lowest BCUT2D eigenvalue weighted by Gasteiger charge is -2.27. The number of nitrogens with zero attached hydrogens (tertiary/aromatic N) is 4. The molecule has 0 atom stereocenters. The van der Waals surface area contributed by atoms with E-state index in [1.807, 2.05) is 51.3 Å². The maximum absolute atomic E-state index is 12.8. The molecule has 0 aromatic carbocycles. The van der Waals surface area contributed by atoms with Gasteiger partial charge in [0, 0.05) is 52.1 Å². The van der Waals surface area contributed by atoms with Gasteiger partial charge in [-0.15, -0.1) is 0 Å². The van der Waals surface area contributed by atoms with Gasteiger partial charge in [-0.05, 0) is 93.2 Å². The van der Waals surface area contributed by atoms with Gasteiger partial charge in [-0.3, -0.25) is 0 Å². The third kappa shape index (κ3) is 32.6. The summed E-state index contributed by atoms with van der Waals surface area (Å²) in [6.07, 6.45) is 20.9. The van der Waals surface area contributed by atoms with E-state index in [2.05, 4.69) is 22.8 Å². The number of carbonyl (C=O) groups is 2. The van der Waals surface area contributed by atoms with Crippen LogP contribution in [0, 0.1) is 22.7 Å². The standard InChI is InChI=1S/C40H76N6O4/c1-39(2,3)49-37(47)45(35-23-17-13-19-29-43-31-25-27-41)33-21-15-11-9-7-8-10-12-16-22-34-46(38(48)50-40(4,5)6)36-24-18-14-20-30-44-32-26-28-42/h43-44H,7-26,29-36H2,1-6H3. The molecule has 2 amide bonds. The first-order valence-corrected chi connectivity index (χ1v) is 20.0. The van der Waals surface area contributed by atoms with Gasteiger partial charge in [-0.1, -0.05) is 77.0 Å². The van der Waals surface area contributed by atoms with Crippen molar-refractivity contribution >= 4 is 12.2 Å². The first-order valence-electron chi connectivity index (χ1n) is 20.0. The van der Waals surface area contributed by atoms with Gasteiger partial charge in [0.1, 0.15) is 11.2 Å². The molecule has 0 aromatic heterocycles. The molecule has 0 saturated heterocycles. The van der Waals surface area contributed by atoms with Crippen LogP contribution in [-0.4, -0.2) is 85.5 Å². The molecule has 10 heteroatoms. The molecule has 290 valence electrons. The summed E-state index contributed by atoms with van der Waals surface area (Å²) in [5.74, 6) is 0. The van der Waals surface area contributed by atoms with Crippen LogP contribution in [0.4, 0.5) is 9.59 Å². The van der Waals surface area contributed by atoms with Crippen molar-refractivity contribution in [3.8, 4) is 12.1 Å². The van der Waals surface area contributed by atoms with Crippen LogP contribution >= 0.6 is 0 Å². The zero-order valence-electron chi connectivity index (χ0n) is 33.2. The van der Waals surface area contributed by atoms with Crippen LogP contribution in [0.3, 0.4) is 0 Å². The molecule has 0 heterocycles. The fraction of sp³-hybridized carbons (Fsp3) is 0.900. The van der Waals surface area contributed by atoms with Crippen molar-refractivity contribution in [1.82, 2.24) is 20.4 Å². The monoisotopic (exact) mass is 705 g/mol. The van der Waals surface area contributed by atoms with Crippen LogP contribution in [0.25, 0.3) is 0 Å². The average molecular weight is 705 g/mol. The molecule has 2 N–H and O–H groups in total. The first kappa shape index (κ1) is 47.4. The minimum Gasteiger partial charge on any atom is -0.444 e. The van der Waals surface area contributed by atoms with Crippen LogP contribution in [0.2, 0.25) is 0 Å². The summed E-state index contributed by atoms with van der Waals surface area (Å²) < 4.78 is 11.4. The molecular formula is C40H76N6O4. The quantitative estimate of drug-likeness (QED) is 0.0683. The second-order valence-corrected chi connectivity index (χ2v) is 15.6. The van der Waals surface area contributed by atoms with Crippen LogP contribution in [-0.2, 0) is 9.47 Å². The maximum Gasteiger partial charge on any atom is 0.410 e. The predicted octanol–water partition coefficient (Wildman–Crippen LogP) is 9.49. The van der Waals surface area contributed by atoms with E-state index in [0.717, 1.165) is 129 Å². The highest BCUT2D eigenvalue weighted by Crippen LogP contribution is 2.16. The van der Waals surface area contributed by atoms with Crippen molar-refractivity contribution in [1.29, 1.82) is 10.5 Å². The second kappa shape index (κ2) is 31.2. The summed E-state index contributed by atoms with van der Waals surface area (Å²) in [5, 5.41) is 23.8. The Kier molecular flexibility index (Phi) is 29.6. The first-order chi connectivity index (χ1) is 23.9. The van der Waals surface area contributed by atoms with Crippen LogP contribution < -0.4 is 10.6 Å². The number of unbranched alkanes of at least 4 members (excludes halogenated alkanes) is 15. The van der Waals surface area contributed by atoms with Gasteiger partial charge in [0.15, 0.2) is 0 Å². The van der Waals surface area contributed by atoms with Crippen molar-refractivity contribution in [2.24, 2.45) is 0 Å². The van der Waals surface area contributed by atoms with Crippen molar-refractivity contribution in [3.63, 3.8) is 0 Å². The highest BCUT2D eigenvalue weighted by atomic mass is 16.6. The summed E-state index contributed by atoms with van der Waals surface area (Å²) in [6.45, 7) is 17.9. The van der Waals surface area contributed by atoms with Crippen LogP contribution in [0.1, 0.15) is 170 Å². The Morgan fingerprint density at radius 3 is 0.980 bits per heavy atom. The molecular weight excluding hydrogens is 628 g/mol. The van der Waals surface area contributed by atoms with E-state index in [1.54, 1.807) is 0 Å². The number of hydrogen-bond acceptors (Lipinski definition) is 8. The summed E-state index contributed by atoms with van der Waals surface area (Å²) in [6, 6.07) is 4.30. The molecule has 0 radical (unpaired) electrons. The molecule has 50 heavy (non-hydrogen) atoms. The van der Waals surface area contributed by atoms with Gasteiger partial charge in [-0.2, -0.15) is 10.5 Å². The summed E-state index contributed by atoms with van der Waals surface area (Å²) in [5.41, 5.74) is -0.972. The smallest absolute Gasteiger partial charge is 0.410 e. The van der Waals surface area contributed by atoms with E-state index in [-0.39, 0.29) is 12.2 Å². The van der Waals surface area contributed by atoms with E-state index < -0.39 is 11.2 Å². The SMILES string of the molecule is CC(C)(C)OC(=O)N(CCCCCCCCCCCCN(CCCCCCNCCC#N)C(=O)OC(C)(C)C)CCCCCCNCCC#N. The van der Waals surface area contributed by atoms with Gasteiger partial charge < -0.3 is 29.9 Å². The molecule has 0 aliphatic rings. The largest absolute Gasteiger partial charge is 0.444 e. The van der Waals surface area contributed by atoms with Crippen molar-refractivity contribution < 1.29 is 19.1 Å². The Hall–Kier alpha value is -2.56. The number of rotatable bonds is 31. The second-order valence-electron chi connectivity index (χ2n) is 15.6. The molecule has 0 spiro atoms. The Balaban J connectivity index is 4.17. The number of nitriles is 2. The summed E-state index contributed by atoms with van der Waals surface area (Å²) in [4.78, 5) is 29.4. The minimum atomic E-state index is -0.486. The maximum atomic E-state index is 12.8. The molecule has 0 aromatic rings. The third-order valence-corrected chi connectivity index (χ3v) is 8.30. The normalized spacial score (nSPS) is 11.5. The highest BCUT2D eigenvalue weighted by molar-refractivity contribution is 5.68. The summed E-state index contributed by atoms with van der Waals surface area (Å²) in [7, 11) is 0. The van der Waals surface area contributed by atoms with E-state index in [1.165, 1.54) is 38.5 Å². The molecule has 0 aliphatic heterocycles. The van der Waals surface area contributed by atoms with Crippen LogP contribution in [0.15, 0.2) is 0 Å². The number of amides is 2. The van der Waals surface area contributed by atoms with Crippen molar-refractivity contribution in [2.45, 2.75) is 181 Å². The number of nitrogens with one attached hydrogen (secondary N) is 2. The van der Waals surface area contributed by atoms with Crippen molar-refractivity contribution in [3.05, 3.63) is 0 Å². The minimum absolute atomic E-state index is 0.196. The fourth-order valence-corrected chi connectivity index (χ4v) is 5.61. The lowest BCUT2D eigenvalue weighted by atomic mass is 10.1. The number of hydrogen-bond donors (Lipinski definition) is 2. The molecule has 10 nitrogen and oxygen atoms in total. The highest BCUT2D eigenvalue weighted by Gasteiger charge is 2.22. The third-order valence-electron chi connectivity index (χ3n) is 8.30. The number of ether oxygens (including phenoxy) is 2. The van der Waals surface area contributed by atoms with Gasteiger partial charge >= 0.3 is 12.2 Å². The fourth-order valence-electron chi connectivity index (χ4n) is 5.61. The van der Waals surface area contributed by atoms with E-state index in [9.17, 15) is 9.59 Å². The molecule has 0 unspecified atom stereocenters. The Morgan fingerprint density at radius 1 is 0.460 bits per heavy atom. The molecule has 0 aliphatic carbocycles. The molecule has 0 rings (SSSR count). The Bertz CT molecular complexity index is 845.